The molecule has 0 bridgehead atoms. The zero-order chi connectivity index (χ0) is 16.7. The molecule has 0 spiro atoms. The number of carbonyl (C=O) groups is 1. The van der Waals surface area contributed by atoms with Crippen LogP contribution in [0.25, 0.3) is 0 Å². The van der Waals surface area contributed by atoms with Crippen molar-refractivity contribution >= 4 is 17.4 Å². The summed E-state index contributed by atoms with van der Waals surface area (Å²) in [7, 11) is 4.04. The van der Waals surface area contributed by atoms with E-state index < -0.39 is 0 Å². The largest absolute Gasteiger partial charge is 0.352 e. The molecule has 0 saturated heterocycles. The Morgan fingerprint density at radius 3 is 2.74 bits per heavy atom. The van der Waals surface area contributed by atoms with Crippen LogP contribution in [-0.2, 0) is 0 Å². The summed E-state index contributed by atoms with van der Waals surface area (Å²) in [6, 6.07) is 11.5. The van der Waals surface area contributed by atoms with E-state index in [-0.39, 0.29) is 5.91 Å². The van der Waals surface area contributed by atoms with Crippen molar-refractivity contribution in [2.45, 2.75) is 13.3 Å². The molecule has 1 aromatic heterocycles. The highest BCUT2D eigenvalue weighted by Gasteiger charge is 2.07. The number of nitrogens with one attached hydrogen (secondary N) is 2. The minimum atomic E-state index is -0.0704. The van der Waals surface area contributed by atoms with Gasteiger partial charge in [-0.05, 0) is 57.7 Å². The molecule has 0 aliphatic carbocycles. The van der Waals surface area contributed by atoms with Gasteiger partial charge in [0.1, 0.15) is 5.82 Å². The SMILES string of the molecule is Cc1ccccc1Nc1cc(C(=O)NCCCN(C)C)ccn1. The Kier molecular flexibility index (Phi) is 6.11. The summed E-state index contributed by atoms with van der Waals surface area (Å²) >= 11 is 0. The van der Waals surface area contributed by atoms with Crippen LogP contribution in [0.1, 0.15) is 22.3 Å². The Balaban J connectivity index is 1.96. The highest BCUT2D eigenvalue weighted by molar-refractivity contribution is 5.94. The molecular formula is C18H24N4O. The summed E-state index contributed by atoms with van der Waals surface area (Å²) in [6.45, 7) is 3.65. The lowest BCUT2D eigenvalue weighted by Gasteiger charge is -2.11. The first kappa shape index (κ1) is 17.0. The third-order valence-electron chi connectivity index (χ3n) is 3.50. The Labute approximate surface area is 137 Å². The predicted octanol–water partition coefficient (Wildman–Crippen LogP) is 2.82. The molecule has 23 heavy (non-hydrogen) atoms. The first-order chi connectivity index (χ1) is 11.1. The lowest BCUT2D eigenvalue weighted by molar-refractivity contribution is 0.0952. The second kappa shape index (κ2) is 8.29. The van der Waals surface area contributed by atoms with Gasteiger partial charge in [0.05, 0.1) is 0 Å². The van der Waals surface area contributed by atoms with Crippen molar-refractivity contribution in [2.24, 2.45) is 0 Å². The molecule has 122 valence electrons. The van der Waals surface area contributed by atoms with E-state index in [0.717, 1.165) is 24.2 Å². The molecule has 0 fully saturated rings. The van der Waals surface area contributed by atoms with E-state index in [1.165, 1.54) is 0 Å². The van der Waals surface area contributed by atoms with E-state index in [4.69, 9.17) is 0 Å². The van der Waals surface area contributed by atoms with Crippen LogP contribution >= 0.6 is 0 Å². The molecule has 0 radical (unpaired) electrons. The van der Waals surface area contributed by atoms with Gasteiger partial charge in [-0.15, -0.1) is 0 Å². The minimum Gasteiger partial charge on any atom is -0.352 e. The highest BCUT2D eigenvalue weighted by Crippen LogP contribution is 2.19. The van der Waals surface area contributed by atoms with Gasteiger partial charge >= 0.3 is 0 Å². The van der Waals surface area contributed by atoms with Gasteiger partial charge in [-0.25, -0.2) is 4.98 Å². The predicted molar refractivity (Wildman–Crippen MR) is 94.2 cm³/mol. The van der Waals surface area contributed by atoms with Crippen LogP contribution in [0.3, 0.4) is 0 Å². The van der Waals surface area contributed by atoms with Crippen molar-refractivity contribution in [3.63, 3.8) is 0 Å². The second-order valence-electron chi connectivity index (χ2n) is 5.78. The van der Waals surface area contributed by atoms with Crippen LogP contribution in [0.5, 0.6) is 0 Å². The van der Waals surface area contributed by atoms with Gasteiger partial charge in [-0.3, -0.25) is 4.79 Å². The topological polar surface area (TPSA) is 57.3 Å². The summed E-state index contributed by atoms with van der Waals surface area (Å²) in [6.07, 6.45) is 2.58. The van der Waals surface area contributed by atoms with Gasteiger partial charge in [0.2, 0.25) is 0 Å². The van der Waals surface area contributed by atoms with E-state index in [0.29, 0.717) is 17.9 Å². The van der Waals surface area contributed by atoms with Crippen LogP contribution in [0.4, 0.5) is 11.5 Å². The molecular weight excluding hydrogens is 288 g/mol. The molecule has 0 aliphatic rings. The van der Waals surface area contributed by atoms with Gasteiger partial charge in [0.25, 0.3) is 5.91 Å². The monoisotopic (exact) mass is 312 g/mol. The lowest BCUT2D eigenvalue weighted by Crippen LogP contribution is -2.27. The molecule has 5 nitrogen and oxygen atoms in total. The first-order valence-corrected chi connectivity index (χ1v) is 7.78. The molecule has 1 heterocycles. The fraction of sp³-hybridized carbons (Fsp3) is 0.333. The van der Waals surface area contributed by atoms with Crippen molar-refractivity contribution in [1.82, 2.24) is 15.2 Å². The maximum atomic E-state index is 12.2. The van der Waals surface area contributed by atoms with E-state index in [2.05, 4.69) is 20.5 Å². The molecule has 2 aromatic rings. The fourth-order valence-electron chi connectivity index (χ4n) is 2.19. The van der Waals surface area contributed by atoms with Crippen LogP contribution in [0.15, 0.2) is 42.6 Å². The number of rotatable bonds is 7. The number of hydrogen-bond acceptors (Lipinski definition) is 4. The van der Waals surface area contributed by atoms with E-state index in [1.54, 1.807) is 18.3 Å². The number of carbonyl (C=O) groups excluding carboxylic acids is 1. The highest BCUT2D eigenvalue weighted by atomic mass is 16.1. The van der Waals surface area contributed by atoms with Crippen molar-refractivity contribution in [3.8, 4) is 0 Å². The van der Waals surface area contributed by atoms with Crippen molar-refractivity contribution in [2.75, 3.05) is 32.5 Å². The quantitative estimate of drug-likeness (QED) is 0.772. The minimum absolute atomic E-state index is 0.0704. The smallest absolute Gasteiger partial charge is 0.251 e. The molecule has 0 aliphatic heterocycles. The Morgan fingerprint density at radius 2 is 2.00 bits per heavy atom. The van der Waals surface area contributed by atoms with Gasteiger partial charge in [0, 0.05) is 24.0 Å². The van der Waals surface area contributed by atoms with Gasteiger partial charge in [-0.2, -0.15) is 0 Å². The van der Waals surface area contributed by atoms with Gasteiger partial charge in [-0.1, -0.05) is 18.2 Å². The molecule has 1 aromatic carbocycles. The van der Waals surface area contributed by atoms with Crippen LogP contribution in [0.2, 0.25) is 0 Å². The average Bonchev–Trinajstić information content (AvgIpc) is 2.54. The third-order valence-corrected chi connectivity index (χ3v) is 3.50. The number of anilines is 2. The fourth-order valence-corrected chi connectivity index (χ4v) is 2.19. The molecule has 5 heteroatoms. The Morgan fingerprint density at radius 1 is 1.22 bits per heavy atom. The molecule has 2 N–H and O–H groups in total. The van der Waals surface area contributed by atoms with Crippen molar-refractivity contribution in [3.05, 3.63) is 53.7 Å². The van der Waals surface area contributed by atoms with Gasteiger partial charge < -0.3 is 15.5 Å². The number of hydrogen-bond donors (Lipinski definition) is 2. The molecule has 0 unspecified atom stereocenters. The maximum absolute atomic E-state index is 12.2. The number of aromatic nitrogens is 1. The lowest BCUT2D eigenvalue weighted by atomic mass is 10.2. The number of nitrogens with zero attached hydrogens (tertiary/aromatic N) is 2. The molecule has 0 saturated carbocycles. The number of benzene rings is 1. The van der Waals surface area contributed by atoms with Crippen LogP contribution < -0.4 is 10.6 Å². The van der Waals surface area contributed by atoms with Gasteiger partial charge in [0.15, 0.2) is 0 Å². The van der Waals surface area contributed by atoms with E-state index in [9.17, 15) is 4.79 Å². The van der Waals surface area contributed by atoms with Crippen molar-refractivity contribution < 1.29 is 4.79 Å². The number of aryl methyl sites for hydroxylation is 1. The van der Waals surface area contributed by atoms with Crippen molar-refractivity contribution in [1.29, 1.82) is 0 Å². The number of amides is 1. The number of pyridine rings is 1. The van der Waals surface area contributed by atoms with Crippen LogP contribution in [-0.4, -0.2) is 43.0 Å². The summed E-state index contributed by atoms with van der Waals surface area (Å²) in [4.78, 5) is 18.6. The molecule has 2 rings (SSSR count). The number of para-hydroxylation sites is 1. The summed E-state index contributed by atoms with van der Waals surface area (Å²) < 4.78 is 0. The zero-order valence-corrected chi connectivity index (χ0v) is 14.0. The second-order valence-corrected chi connectivity index (χ2v) is 5.78. The molecule has 0 atom stereocenters. The standard InChI is InChI=1S/C18H24N4O/c1-14-7-4-5-8-16(14)21-17-13-15(9-11-19-17)18(23)20-10-6-12-22(2)3/h4-5,7-9,11,13H,6,10,12H2,1-3H3,(H,19,21)(H,20,23). The first-order valence-electron chi connectivity index (χ1n) is 7.78. The Hall–Kier alpha value is -2.40. The Bertz CT molecular complexity index is 655. The summed E-state index contributed by atoms with van der Waals surface area (Å²) in [5.74, 6) is 0.597. The van der Waals surface area contributed by atoms with Crippen LogP contribution in [0, 0.1) is 6.92 Å². The summed E-state index contributed by atoms with van der Waals surface area (Å²) in [5, 5.41) is 6.19. The summed E-state index contributed by atoms with van der Waals surface area (Å²) in [5.41, 5.74) is 2.73. The zero-order valence-electron chi connectivity index (χ0n) is 14.0. The third kappa shape index (κ3) is 5.38. The molecule has 1 amide bonds. The van der Waals surface area contributed by atoms with E-state index >= 15 is 0 Å². The van der Waals surface area contributed by atoms with E-state index in [1.807, 2.05) is 45.3 Å². The normalized spacial score (nSPS) is 10.6. The average molecular weight is 312 g/mol. The maximum Gasteiger partial charge on any atom is 0.251 e.